The third kappa shape index (κ3) is 5.81. The lowest BCUT2D eigenvalue weighted by Gasteiger charge is -2.20. The van der Waals surface area contributed by atoms with E-state index < -0.39 is 15.9 Å². The summed E-state index contributed by atoms with van der Waals surface area (Å²) in [6.07, 6.45) is 5.55. The standard InChI is InChI=1S/C25H23N5O4S2/c1-3-16-30-23-21(34-4-2)8-5-9-22(23)35-25(30)28-24(31)19-10-12-20(13-11-19)36(32,33)29(17-6-14-26)18-7-15-27/h1,5,8-13H,4,6-7,16-18H2,2H3. The van der Waals surface area contributed by atoms with Crippen LogP contribution in [0.25, 0.3) is 10.2 Å². The molecule has 2 aromatic carbocycles. The number of ether oxygens (including phenoxy) is 1. The summed E-state index contributed by atoms with van der Waals surface area (Å²) in [4.78, 5) is 17.6. The van der Waals surface area contributed by atoms with Gasteiger partial charge in [0.25, 0.3) is 5.91 Å². The summed E-state index contributed by atoms with van der Waals surface area (Å²) >= 11 is 1.30. The zero-order chi connectivity index (χ0) is 26.1. The highest BCUT2D eigenvalue weighted by atomic mass is 32.2. The molecule has 3 rings (SSSR count). The summed E-state index contributed by atoms with van der Waals surface area (Å²) in [5.41, 5.74) is 0.953. The Kier molecular flexibility index (Phi) is 8.99. The van der Waals surface area contributed by atoms with Crippen molar-refractivity contribution in [2.75, 3.05) is 19.7 Å². The van der Waals surface area contributed by atoms with E-state index in [0.717, 1.165) is 14.5 Å². The van der Waals surface area contributed by atoms with Crippen molar-refractivity contribution < 1.29 is 17.9 Å². The quantitative estimate of drug-likeness (QED) is 0.377. The van der Waals surface area contributed by atoms with E-state index in [0.29, 0.717) is 17.2 Å². The van der Waals surface area contributed by atoms with Crippen LogP contribution >= 0.6 is 11.3 Å². The molecule has 1 aromatic heterocycles. The molecule has 9 nitrogen and oxygen atoms in total. The molecule has 0 saturated heterocycles. The number of amides is 1. The second-order valence-electron chi connectivity index (χ2n) is 7.37. The van der Waals surface area contributed by atoms with Crippen molar-refractivity contribution in [3.05, 3.63) is 52.8 Å². The highest BCUT2D eigenvalue weighted by Crippen LogP contribution is 2.27. The lowest BCUT2D eigenvalue weighted by molar-refractivity contribution is 0.0997. The summed E-state index contributed by atoms with van der Waals surface area (Å²) in [6.45, 7) is 2.48. The molecule has 0 radical (unpaired) electrons. The Morgan fingerprint density at radius 1 is 1.14 bits per heavy atom. The van der Waals surface area contributed by atoms with Gasteiger partial charge in [0.15, 0.2) is 4.80 Å². The second-order valence-corrected chi connectivity index (χ2v) is 10.3. The van der Waals surface area contributed by atoms with E-state index >= 15 is 0 Å². The molecule has 3 aromatic rings. The molecule has 0 spiro atoms. The van der Waals surface area contributed by atoms with Gasteiger partial charge in [0.1, 0.15) is 11.3 Å². The van der Waals surface area contributed by atoms with Crippen LogP contribution in [-0.4, -0.2) is 42.9 Å². The minimum atomic E-state index is -3.94. The third-order valence-corrected chi connectivity index (χ3v) is 8.05. The van der Waals surface area contributed by atoms with Gasteiger partial charge in [-0.25, -0.2) is 8.42 Å². The van der Waals surface area contributed by atoms with E-state index in [1.807, 2.05) is 37.3 Å². The number of benzene rings is 2. The number of aromatic nitrogens is 1. The summed E-state index contributed by atoms with van der Waals surface area (Å²) in [7, 11) is -3.94. The van der Waals surface area contributed by atoms with Crippen LogP contribution < -0.4 is 9.54 Å². The van der Waals surface area contributed by atoms with Crippen molar-refractivity contribution in [1.82, 2.24) is 8.87 Å². The minimum absolute atomic E-state index is 0.00204. The predicted octanol–water partition coefficient (Wildman–Crippen LogP) is 3.29. The number of rotatable bonds is 10. The highest BCUT2D eigenvalue weighted by molar-refractivity contribution is 7.89. The van der Waals surface area contributed by atoms with Crippen LogP contribution in [0.4, 0.5) is 0 Å². The first-order valence-electron chi connectivity index (χ1n) is 11.0. The van der Waals surface area contributed by atoms with Gasteiger partial charge < -0.3 is 9.30 Å². The van der Waals surface area contributed by atoms with Crippen LogP contribution in [0.15, 0.2) is 52.4 Å². The number of thiazole rings is 1. The fraction of sp³-hybridized carbons (Fsp3) is 0.280. The van der Waals surface area contributed by atoms with E-state index in [2.05, 4.69) is 10.9 Å². The van der Waals surface area contributed by atoms with Crippen molar-refractivity contribution in [2.24, 2.45) is 4.99 Å². The predicted molar refractivity (Wildman–Crippen MR) is 135 cm³/mol. The lowest BCUT2D eigenvalue weighted by atomic mass is 10.2. The van der Waals surface area contributed by atoms with Gasteiger partial charge in [0.2, 0.25) is 10.0 Å². The van der Waals surface area contributed by atoms with E-state index in [1.54, 1.807) is 4.57 Å². The number of para-hydroxylation sites is 1. The number of sulfonamides is 1. The van der Waals surface area contributed by atoms with E-state index in [4.69, 9.17) is 21.7 Å². The monoisotopic (exact) mass is 521 g/mol. The zero-order valence-corrected chi connectivity index (χ0v) is 21.2. The average molecular weight is 522 g/mol. The first kappa shape index (κ1) is 26.7. The summed E-state index contributed by atoms with van der Waals surface area (Å²) in [6, 6.07) is 14.8. The maximum absolute atomic E-state index is 13.0. The first-order valence-corrected chi connectivity index (χ1v) is 13.2. The number of nitriles is 2. The van der Waals surface area contributed by atoms with Crippen LogP contribution in [0.3, 0.4) is 0 Å². The molecule has 36 heavy (non-hydrogen) atoms. The Balaban J connectivity index is 1.96. The Bertz CT molecular complexity index is 1530. The summed E-state index contributed by atoms with van der Waals surface area (Å²) in [5.74, 6) is 2.67. The maximum Gasteiger partial charge on any atom is 0.279 e. The van der Waals surface area contributed by atoms with Gasteiger partial charge >= 0.3 is 0 Å². The van der Waals surface area contributed by atoms with E-state index in [1.165, 1.54) is 35.6 Å². The first-order chi connectivity index (χ1) is 17.4. The van der Waals surface area contributed by atoms with Gasteiger partial charge in [-0.15, -0.1) is 6.42 Å². The number of hydrogen-bond acceptors (Lipinski definition) is 7. The van der Waals surface area contributed by atoms with Crippen LogP contribution in [0, 0.1) is 35.0 Å². The van der Waals surface area contributed by atoms with Crippen molar-refractivity contribution in [2.45, 2.75) is 31.2 Å². The number of carbonyl (C=O) groups excluding carboxylic acids is 1. The minimum Gasteiger partial charge on any atom is -0.492 e. The van der Waals surface area contributed by atoms with Gasteiger partial charge in [-0.2, -0.15) is 19.8 Å². The molecule has 0 aliphatic heterocycles. The molecule has 11 heteroatoms. The topological polar surface area (TPSA) is 129 Å². The third-order valence-electron chi connectivity index (χ3n) is 5.10. The molecule has 0 N–H and O–H groups in total. The number of carbonyl (C=O) groups is 1. The molecule has 1 amide bonds. The van der Waals surface area contributed by atoms with Gasteiger partial charge in [-0.1, -0.05) is 23.3 Å². The van der Waals surface area contributed by atoms with E-state index in [-0.39, 0.29) is 42.9 Å². The lowest BCUT2D eigenvalue weighted by Crippen LogP contribution is -2.32. The SMILES string of the molecule is C#CCn1c(=NC(=O)c2ccc(S(=O)(=O)N(CCC#N)CCC#N)cc2)sc2cccc(OCC)c21. The Morgan fingerprint density at radius 2 is 1.81 bits per heavy atom. The van der Waals surface area contributed by atoms with Crippen molar-refractivity contribution in [3.63, 3.8) is 0 Å². The Hall–Kier alpha value is -3.95. The number of nitrogens with zero attached hydrogens (tertiary/aromatic N) is 5. The van der Waals surface area contributed by atoms with Crippen molar-refractivity contribution >= 4 is 37.5 Å². The fourth-order valence-electron chi connectivity index (χ4n) is 3.46. The highest BCUT2D eigenvalue weighted by Gasteiger charge is 2.24. The summed E-state index contributed by atoms with van der Waals surface area (Å²) in [5, 5.41) is 17.7. The molecule has 0 saturated carbocycles. The zero-order valence-electron chi connectivity index (χ0n) is 19.5. The van der Waals surface area contributed by atoms with E-state index in [9.17, 15) is 13.2 Å². The Morgan fingerprint density at radius 3 is 2.39 bits per heavy atom. The molecule has 0 unspecified atom stereocenters. The van der Waals surface area contributed by atoms with Gasteiger partial charge in [-0.3, -0.25) is 4.79 Å². The molecule has 1 heterocycles. The fourth-order valence-corrected chi connectivity index (χ4v) is 5.95. The second kappa shape index (κ2) is 12.1. The average Bonchev–Trinajstić information content (AvgIpc) is 3.22. The molecule has 184 valence electrons. The van der Waals surface area contributed by atoms with Crippen molar-refractivity contribution in [1.29, 1.82) is 10.5 Å². The maximum atomic E-state index is 13.0. The van der Waals surface area contributed by atoms with Crippen LogP contribution in [0.1, 0.15) is 30.1 Å². The molecule has 0 aliphatic carbocycles. The van der Waals surface area contributed by atoms with Gasteiger partial charge in [-0.05, 0) is 43.3 Å². The molecular weight excluding hydrogens is 498 g/mol. The number of hydrogen-bond donors (Lipinski definition) is 0. The molecule has 0 aliphatic rings. The molecule has 0 fully saturated rings. The van der Waals surface area contributed by atoms with Crippen LogP contribution in [0.2, 0.25) is 0 Å². The smallest absolute Gasteiger partial charge is 0.279 e. The normalized spacial score (nSPS) is 11.7. The van der Waals surface area contributed by atoms with Crippen LogP contribution in [0.5, 0.6) is 5.75 Å². The Labute approximate surface area is 213 Å². The molecule has 0 atom stereocenters. The molecular formula is C25H23N5O4S2. The number of fused-ring (bicyclic) bond motifs is 1. The van der Waals surface area contributed by atoms with Gasteiger partial charge in [0.05, 0.1) is 34.9 Å². The van der Waals surface area contributed by atoms with Gasteiger partial charge in [0, 0.05) is 31.5 Å². The van der Waals surface area contributed by atoms with Crippen LogP contribution in [-0.2, 0) is 16.6 Å². The largest absolute Gasteiger partial charge is 0.492 e. The number of terminal acetylenes is 1. The van der Waals surface area contributed by atoms with Crippen molar-refractivity contribution in [3.8, 4) is 30.2 Å². The summed E-state index contributed by atoms with van der Waals surface area (Å²) < 4.78 is 35.4. The molecule has 0 bridgehead atoms.